The number of thioether (sulfide) groups is 1. The molecule has 0 radical (unpaired) electrons. The van der Waals surface area contributed by atoms with E-state index in [1.807, 2.05) is 0 Å². The number of benzene rings is 2. The van der Waals surface area contributed by atoms with Gasteiger partial charge in [-0.05, 0) is 35.9 Å². The molecule has 152 valence electrons. The summed E-state index contributed by atoms with van der Waals surface area (Å²) < 4.78 is 43.1. The zero-order valence-electron chi connectivity index (χ0n) is 15.6. The van der Waals surface area contributed by atoms with Gasteiger partial charge in [-0.2, -0.15) is 4.99 Å². The summed E-state index contributed by atoms with van der Waals surface area (Å²) in [6.45, 7) is 0. The van der Waals surface area contributed by atoms with E-state index in [0.717, 1.165) is 5.56 Å². The van der Waals surface area contributed by atoms with Crippen LogP contribution in [0.4, 0.5) is 10.1 Å². The van der Waals surface area contributed by atoms with Gasteiger partial charge in [-0.15, -0.1) is 0 Å². The van der Waals surface area contributed by atoms with Crippen LogP contribution >= 0.6 is 11.8 Å². The van der Waals surface area contributed by atoms with Crippen molar-refractivity contribution in [3.8, 4) is 5.75 Å². The van der Waals surface area contributed by atoms with Crippen molar-refractivity contribution in [1.82, 2.24) is 0 Å². The van der Waals surface area contributed by atoms with Crippen molar-refractivity contribution in [2.45, 2.75) is 17.7 Å². The number of ether oxygens (including phenoxy) is 1. The minimum atomic E-state index is -3.17. The minimum absolute atomic E-state index is 0.0276. The predicted molar refractivity (Wildman–Crippen MR) is 112 cm³/mol. The third kappa shape index (κ3) is 4.30. The Kier molecular flexibility index (Phi) is 5.35. The van der Waals surface area contributed by atoms with Gasteiger partial charge in [0.1, 0.15) is 11.6 Å². The lowest BCUT2D eigenvalue weighted by Crippen LogP contribution is -2.37. The van der Waals surface area contributed by atoms with Crippen LogP contribution < -0.4 is 9.64 Å². The van der Waals surface area contributed by atoms with Gasteiger partial charge in [-0.25, -0.2) is 12.8 Å². The van der Waals surface area contributed by atoms with Gasteiger partial charge in [0.05, 0.1) is 31.1 Å². The Morgan fingerprint density at radius 3 is 2.69 bits per heavy atom. The number of hydrogen-bond acceptors (Lipinski definition) is 5. The van der Waals surface area contributed by atoms with Crippen molar-refractivity contribution in [2.75, 3.05) is 23.5 Å². The highest BCUT2D eigenvalue weighted by molar-refractivity contribution is 8.16. The number of hydrogen-bond donors (Lipinski definition) is 0. The largest absolute Gasteiger partial charge is 0.497 e. The number of carbonyl (C=O) groups is 1. The third-order valence-corrected chi connectivity index (χ3v) is 8.10. The summed E-state index contributed by atoms with van der Waals surface area (Å²) in [4.78, 5) is 18.5. The van der Waals surface area contributed by atoms with Crippen LogP contribution in [0, 0.1) is 5.82 Å². The Balaban J connectivity index is 1.61. The maximum Gasteiger partial charge on any atom is 0.252 e. The van der Waals surface area contributed by atoms with Crippen LogP contribution in [0.1, 0.15) is 5.56 Å². The first kappa shape index (κ1) is 19.9. The van der Waals surface area contributed by atoms with E-state index in [1.54, 1.807) is 48.4 Å². The first-order valence-electron chi connectivity index (χ1n) is 9.01. The minimum Gasteiger partial charge on any atom is -0.497 e. The third-order valence-electron chi connectivity index (χ3n) is 4.89. The van der Waals surface area contributed by atoms with Crippen LogP contribution in [-0.2, 0) is 21.1 Å². The summed E-state index contributed by atoms with van der Waals surface area (Å²) in [5.41, 5.74) is 1.29. The lowest BCUT2D eigenvalue weighted by molar-refractivity contribution is -0.117. The van der Waals surface area contributed by atoms with Crippen molar-refractivity contribution in [3.05, 3.63) is 59.9 Å². The molecule has 0 aromatic heterocycles. The number of fused-ring (bicyclic) bond motifs is 1. The molecule has 29 heavy (non-hydrogen) atoms. The second kappa shape index (κ2) is 7.79. The molecule has 2 aliphatic rings. The molecule has 2 unspecified atom stereocenters. The van der Waals surface area contributed by atoms with Gasteiger partial charge >= 0.3 is 0 Å². The van der Waals surface area contributed by atoms with E-state index >= 15 is 0 Å². The molecule has 2 aromatic carbocycles. The molecule has 6 nitrogen and oxygen atoms in total. The summed E-state index contributed by atoms with van der Waals surface area (Å²) in [6, 6.07) is 12.7. The van der Waals surface area contributed by atoms with E-state index in [2.05, 4.69) is 4.99 Å². The summed E-state index contributed by atoms with van der Waals surface area (Å²) in [5, 5.41) is 0.190. The van der Waals surface area contributed by atoms with Gasteiger partial charge in [0.2, 0.25) is 0 Å². The average molecular weight is 435 g/mol. The molecule has 2 atom stereocenters. The lowest BCUT2D eigenvalue weighted by Gasteiger charge is -2.24. The zero-order chi connectivity index (χ0) is 20.6. The van der Waals surface area contributed by atoms with Gasteiger partial charge in [0, 0.05) is 10.9 Å². The Labute approximate surface area is 172 Å². The molecule has 0 bridgehead atoms. The zero-order valence-corrected chi connectivity index (χ0v) is 17.2. The Morgan fingerprint density at radius 1 is 1.24 bits per heavy atom. The normalized spacial score (nSPS) is 23.9. The maximum absolute atomic E-state index is 13.8. The molecule has 2 aliphatic heterocycles. The average Bonchev–Trinajstić information content (AvgIpc) is 3.12. The van der Waals surface area contributed by atoms with Gasteiger partial charge in [0.15, 0.2) is 15.0 Å². The van der Waals surface area contributed by atoms with E-state index in [0.29, 0.717) is 16.6 Å². The fourth-order valence-corrected chi connectivity index (χ4v) is 7.49. The lowest BCUT2D eigenvalue weighted by atomic mass is 10.1. The smallest absolute Gasteiger partial charge is 0.252 e. The van der Waals surface area contributed by atoms with Crippen LogP contribution in [0.15, 0.2) is 53.5 Å². The van der Waals surface area contributed by atoms with Crippen LogP contribution in [0.25, 0.3) is 0 Å². The standard InChI is InChI=1S/C20H19FN2O4S2/c1-27-16-7-5-13(6-8-16)9-19(24)22-20-23(15-4-2-3-14(21)10-15)17-11-29(25,26)12-18(17)28-20/h2-8,10,17-18H,9,11-12H2,1H3. The van der Waals surface area contributed by atoms with Crippen LogP contribution in [0.2, 0.25) is 0 Å². The molecule has 0 N–H and O–H groups in total. The number of amidine groups is 1. The highest BCUT2D eigenvalue weighted by Gasteiger charge is 2.49. The second-order valence-corrected chi connectivity index (χ2v) is 10.3. The Hall–Kier alpha value is -2.39. The number of amides is 1. The molecular weight excluding hydrogens is 415 g/mol. The van der Waals surface area contributed by atoms with Crippen molar-refractivity contribution in [3.63, 3.8) is 0 Å². The number of carbonyl (C=O) groups excluding carboxylic acids is 1. The number of sulfone groups is 1. The quantitative estimate of drug-likeness (QED) is 0.737. The molecule has 2 heterocycles. The molecule has 4 rings (SSSR count). The number of aliphatic imine (C=N–C) groups is 1. The highest BCUT2D eigenvalue weighted by atomic mass is 32.2. The second-order valence-electron chi connectivity index (χ2n) is 6.96. The first-order chi connectivity index (χ1) is 13.8. The molecule has 2 saturated heterocycles. The topological polar surface area (TPSA) is 76.0 Å². The first-order valence-corrected chi connectivity index (χ1v) is 11.7. The van der Waals surface area contributed by atoms with Gasteiger partial charge in [-0.3, -0.25) is 4.79 Å². The molecular formula is C20H19FN2O4S2. The van der Waals surface area contributed by atoms with E-state index in [9.17, 15) is 17.6 Å². The van der Waals surface area contributed by atoms with Gasteiger partial charge in [-0.1, -0.05) is 30.0 Å². The van der Waals surface area contributed by atoms with Crippen LogP contribution in [0.5, 0.6) is 5.75 Å². The molecule has 1 amide bonds. The summed E-state index contributed by atoms with van der Waals surface area (Å²) in [5.74, 6) is -0.0834. The monoisotopic (exact) mass is 434 g/mol. The van der Waals surface area contributed by atoms with Crippen LogP contribution in [0.3, 0.4) is 0 Å². The van der Waals surface area contributed by atoms with Crippen LogP contribution in [-0.4, -0.2) is 49.4 Å². The number of nitrogens with zero attached hydrogens (tertiary/aromatic N) is 2. The molecule has 2 fully saturated rings. The van der Waals surface area contributed by atoms with E-state index in [1.165, 1.54) is 23.9 Å². The fraction of sp³-hybridized carbons (Fsp3) is 0.300. The number of anilines is 1. The highest BCUT2D eigenvalue weighted by Crippen LogP contribution is 2.41. The predicted octanol–water partition coefficient (Wildman–Crippen LogP) is 2.68. The van der Waals surface area contributed by atoms with Gasteiger partial charge in [0.25, 0.3) is 5.91 Å². The SMILES string of the molecule is COc1ccc(CC(=O)N=C2SC3CS(=O)(=O)CC3N2c2cccc(F)c2)cc1. The van der Waals surface area contributed by atoms with E-state index < -0.39 is 15.7 Å². The summed E-state index contributed by atoms with van der Waals surface area (Å²) in [7, 11) is -1.60. The maximum atomic E-state index is 13.8. The molecule has 0 saturated carbocycles. The number of rotatable bonds is 4. The number of halogens is 1. The number of methoxy groups -OCH3 is 1. The molecule has 9 heteroatoms. The van der Waals surface area contributed by atoms with Crippen molar-refractivity contribution >= 4 is 38.4 Å². The molecule has 0 aliphatic carbocycles. The fourth-order valence-electron chi connectivity index (χ4n) is 3.56. The Morgan fingerprint density at radius 2 is 2.00 bits per heavy atom. The van der Waals surface area contributed by atoms with E-state index in [4.69, 9.17) is 4.74 Å². The molecule has 2 aromatic rings. The summed E-state index contributed by atoms with van der Waals surface area (Å²) >= 11 is 1.27. The summed E-state index contributed by atoms with van der Waals surface area (Å²) in [6.07, 6.45) is 0.110. The van der Waals surface area contributed by atoms with Crippen molar-refractivity contribution in [2.24, 2.45) is 4.99 Å². The Bertz CT molecular complexity index is 1070. The van der Waals surface area contributed by atoms with Gasteiger partial charge < -0.3 is 9.64 Å². The van der Waals surface area contributed by atoms with Crippen molar-refractivity contribution < 1.29 is 22.3 Å². The molecule has 0 spiro atoms. The van der Waals surface area contributed by atoms with Crippen molar-refractivity contribution in [1.29, 1.82) is 0 Å². The van der Waals surface area contributed by atoms with E-state index in [-0.39, 0.29) is 35.1 Å².